The second kappa shape index (κ2) is 6.40. The molecule has 1 unspecified atom stereocenters. The second-order valence-corrected chi connectivity index (χ2v) is 4.86. The van der Waals surface area contributed by atoms with Crippen molar-refractivity contribution in [2.45, 2.75) is 16.5 Å². The van der Waals surface area contributed by atoms with E-state index in [1.807, 2.05) is 0 Å². The number of thioether (sulfide) groups is 1. The molecule has 102 valence electrons. The van der Waals surface area contributed by atoms with Crippen molar-refractivity contribution in [3.8, 4) is 5.75 Å². The Labute approximate surface area is 111 Å². The van der Waals surface area contributed by atoms with Crippen molar-refractivity contribution < 1.29 is 23.4 Å². The number of hydrogen-bond donors (Lipinski definition) is 3. The van der Waals surface area contributed by atoms with Crippen LogP contribution in [0.4, 0.5) is 18.9 Å². The van der Waals surface area contributed by atoms with Crippen LogP contribution in [0.1, 0.15) is 0 Å². The highest BCUT2D eigenvalue weighted by molar-refractivity contribution is 8.00. The lowest BCUT2D eigenvalue weighted by molar-refractivity contribution is -0.0328. The molecule has 0 aliphatic heterocycles. The minimum atomic E-state index is -4.39. The molecule has 18 heavy (non-hydrogen) atoms. The maximum atomic E-state index is 12.2. The molecule has 1 aromatic carbocycles. The number of hydrogen-bond acceptors (Lipinski definition) is 4. The molecule has 0 bridgehead atoms. The summed E-state index contributed by atoms with van der Waals surface area (Å²) in [4.78, 5) is -0.0526. The van der Waals surface area contributed by atoms with E-state index in [4.69, 9.17) is 11.6 Å². The molecular formula is C10H11ClF3NO2S. The quantitative estimate of drug-likeness (QED) is 0.444. The maximum absolute atomic E-state index is 12.2. The number of aliphatic hydroxyl groups is 1. The van der Waals surface area contributed by atoms with Gasteiger partial charge in [-0.1, -0.05) is 0 Å². The molecule has 8 heteroatoms. The van der Waals surface area contributed by atoms with E-state index in [2.05, 4.69) is 5.32 Å². The molecule has 1 rings (SSSR count). The summed E-state index contributed by atoms with van der Waals surface area (Å²) in [6.45, 7) is 0.0389. The van der Waals surface area contributed by atoms with Crippen molar-refractivity contribution in [3.63, 3.8) is 0 Å². The Kier molecular flexibility index (Phi) is 5.43. The van der Waals surface area contributed by atoms with Crippen molar-refractivity contribution >= 4 is 29.1 Å². The van der Waals surface area contributed by atoms with Gasteiger partial charge >= 0.3 is 5.51 Å². The zero-order valence-electron chi connectivity index (χ0n) is 9.04. The van der Waals surface area contributed by atoms with Gasteiger partial charge < -0.3 is 15.5 Å². The summed E-state index contributed by atoms with van der Waals surface area (Å²) < 4.78 is 36.5. The first-order valence-corrected chi connectivity index (χ1v) is 6.23. The van der Waals surface area contributed by atoms with Crippen LogP contribution >= 0.6 is 23.4 Å². The Morgan fingerprint density at radius 3 is 2.61 bits per heavy atom. The number of phenols is 1. The number of nitrogens with one attached hydrogen (secondary N) is 1. The van der Waals surface area contributed by atoms with E-state index < -0.39 is 11.6 Å². The molecule has 0 aromatic heterocycles. The van der Waals surface area contributed by atoms with Crippen LogP contribution in [-0.2, 0) is 0 Å². The molecule has 3 nitrogen and oxygen atoms in total. The van der Waals surface area contributed by atoms with Gasteiger partial charge in [0.15, 0.2) is 0 Å². The van der Waals surface area contributed by atoms with Crippen LogP contribution in [0.3, 0.4) is 0 Å². The predicted octanol–water partition coefficient (Wildman–Crippen LogP) is 3.02. The summed E-state index contributed by atoms with van der Waals surface area (Å²) >= 11 is 5.09. The summed E-state index contributed by atoms with van der Waals surface area (Å²) in [5.41, 5.74) is -4.27. The molecule has 1 aromatic rings. The van der Waals surface area contributed by atoms with Gasteiger partial charge in [0, 0.05) is 11.4 Å². The fourth-order valence-electron chi connectivity index (χ4n) is 1.14. The predicted molar refractivity (Wildman–Crippen MR) is 65.2 cm³/mol. The Morgan fingerprint density at radius 1 is 1.39 bits per heavy atom. The summed E-state index contributed by atoms with van der Waals surface area (Å²) in [5, 5.41) is 21.3. The lowest BCUT2D eigenvalue weighted by Gasteiger charge is -2.13. The minimum absolute atomic E-state index is 0.00917. The van der Waals surface area contributed by atoms with Crippen LogP contribution in [0.5, 0.6) is 5.75 Å². The van der Waals surface area contributed by atoms with Gasteiger partial charge in [0.05, 0.1) is 17.7 Å². The Bertz CT molecular complexity index is 403. The van der Waals surface area contributed by atoms with E-state index in [0.717, 1.165) is 18.2 Å². The molecule has 0 radical (unpaired) electrons. The topological polar surface area (TPSA) is 52.5 Å². The first kappa shape index (κ1) is 15.3. The van der Waals surface area contributed by atoms with Crippen molar-refractivity contribution in [2.24, 2.45) is 0 Å². The molecule has 0 saturated heterocycles. The monoisotopic (exact) mass is 301 g/mol. The van der Waals surface area contributed by atoms with Gasteiger partial charge in [-0.05, 0) is 30.0 Å². The second-order valence-electron chi connectivity index (χ2n) is 3.42. The lowest BCUT2D eigenvalue weighted by atomic mass is 10.3. The number of alkyl halides is 4. The van der Waals surface area contributed by atoms with Crippen molar-refractivity contribution in [3.05, 3.63) is 18.2 Å². The van der Waals surface area contributed by atoms with Crippen LogP contribution in [0.15, 0.2) is 23.1 Å². The summed E-state index contributed by atoms with van der Waals surface area (Å²) in [7, 11) is 0. The average molecular weight is 302 g/mol. The molecular weight excluding hydrogens is 291 g/mol. The third-order valence-corrected chi connectivity index (χ3v) is 2.99. The van der Waals surface area contributed by atoms with E-state index in [0.29, 0.717) is 0 Å². The Morgan fingerprint density at radius 2 is 2.06 bits per heavy atom. The van der Waals surface area contributed by atoms with E-state index >= 15 is 0 Å². The maximum Gasteiger partial charge on any atom is 0.446 e. The molecule has 0 spiro atoms. The van der Waals surface area contributed by atoms with Gasteiger partial charge in [-0.15, -0.1) is 11.6 Å². The summed E-state index contributed by atoms with van der Waals surface area (Å²) in [6, 6.07) is 3.48. The third kappa shape index (κ3) is 5.24. The number of phenolic OH excluding ortho intramolecular Hbond substituents is 1. The van der Waals surface area contributed by atoms with Crippen LogP contribution in [-0.4, -0.2) is 34.3 Å². The summed E-state index contributed by atoms with van der Waals surface area (Å²) in [6.07, 6.45) is -0.843. The Balaban J connectivity index is 2.75. The zero-order valence-corrected chi connectivity index (χ0v) is 10.6. The normalized spacial score (nSPS) is 13.4. The van der Waals surface area contributed by atoms with Crippen molar-refractivity contribution in [1.82, 2.24) is 0 Å². The molecule has 0 heterocycles. The highest BCUT2D eigenvalue weighted by Gasteiger charge is 2.29. The van der Waals surface area contributed by atoms with Gasteiger partial charge in [0.2, 0.25) is 0 Å². The molecule has 1 atom stereocenters. The van der Waals surface area contributed by atoms with Crippen LogP contribution in [0.2, 0.25) is 0 Å². The molecule has 0 aliphatic rings. The van der Waals surface area contributed by atoms with Crippen molar-refractivity contribution in [2.75, 3.05) is 17.7 Å². The smallest absolute Gasteiger partial charge is 0.446 e. The number of aromatic hydroxyl groups is 1. The standard InChI is InChI=1S/C10H11ClF3NO2S/c11-4-6(16)5-15-8-3-7(1-2-9(8)17)18-10(12,13)14/h1-3,6,15-17H,4-5H2. The number of anilines is 1. The van der Waals surface area contributed by atoms with E-state index in [1.165, 1.54) is 0 Å². The highest BCUT2D eigenvalue weighted by Crippen LogP contribution is 2.39. The number of aliphatic hydroxyl groups excluding tert-OH is 1. The largest absolute Gasteiger partial charge is 0.506 e. The number of rotatable bonds is 5. The minimum Gasteiger partial charge on any atom is -0.506 e. The van der Waals surface area contributed by atoms with Gasteiger partial charge in [-0.2, -0.15) is 13.2 Å². The molecule has 0 fully saturated rings. The molecule has 3 N–H and O–H groups in total. The van der Waals surface area contributed by atoms with Crippen LogP contribution in [0.25, 0.3) is 0 Å². The first-order valence-electron chi connectivity index (χ1n) is 4.88. The van der Waals surface area contributed by atoms with Gasteiger partial charge in [0.1, 0.15) is 5.75 Å². The van der Waals surface area contributed by atoms with Gasteiger partial charge in [0.25, 0.3) is 0 Å². The van der Waals surface area contributed by atoms with E-state index in [-0.39, 0.29) is 40.5 Å². The fraction of sp³-hybridized carbons (Fsp3) is 0.400. The number of halogens is 4. The first-order chi connectivity index (χ1) is 8.31. The number of benzene rings is 1. The van der Waals surface area contributed by atoms with Crippen molar-refractivity contribution in [1.29, 1.82) is 0 Å². The molecule has 0 aliphatic carbocycles. The fourth-order valence-corrected chi connectivity index (χ4v) is 1.83. The average Bonchev–Trinajstić information content (AvgIpc) is 2.27. The van der Waals surface area contributed by atoms with Gasteiger partial charge in [-0.3, -0.25) is 0 Å². The Hall–Kier alpha value is -0.790. The SMILES string of the molecule is Oc1ccc(SC(F)(F)F)cc1NCC(O)CCl. The third-order valence-electron chi connectivity index (χ3n) is 1.91. The van der Waals surface area contributed by atoms with Gasteiger partial charge in [-0.25, -0.2) is 0 Å². The highest BCUT2D eigenvalue weighted by atomic mass is 35.5. The molecule has 0 amide bonds. The lowest BCUT2D eigenvalue weighted by Crippen LogP contribution is -2.20. The van der Waals surface area contributed by atoms with E-state index in [9.17, 15) is 23.4 Å². The van der Waals surface area contributed by atoms with E-state index in [1.54, 1.807) is 0 Å². The van der Waals surface area contributed by atoms with Crippen LogP contribution in [0, 0.1) is 0 Å². The van der Waals surface area contributed by atoms with Crippen LogP contribution < -0.4 is 5.32 Å². The molecule has 0 saturated carbocycles. The zero-order chi connectivity index (χ0) is 13.8. The summed E-state index contributed by atoms with van der Waals surface area (Å²) in [5.74, 6) is -0.201.